The third-order valence-electron chi connectivity index (χ3n) is 4.99. The number of hydrogen-bond acceptors (Lipinski definition) is 5. The van der Waals surface area contributed by atoms with E-state index in [0.29, 0.717) is 29.1 Å². The molecule has 1 amide bonds. The van der Waals surface area contributed by atoms with Crippen LogP contribution in [0.3, 0.4) is 0 Å². The molecule has 0 aliphatic heterocycles. The van der Waals surface area contributed by atoms with Crippen molar-refractivity contribution < 1.29 is 13.9 Å². The molecule has 31 heavy (non-hydrogen) atoms. The van der Waals surface area contributed by atoms with Crippen LogP contribution >= 0.6 is 0 Å². The van der Waals surface area contributed by atoms with Crippen molar-refractivity contribution in [1.29, 1.82) is 0 Å². The summed E-state index contributed by atoms with van der Waals surface area (Å²) in [5.74, 6) is 0.396. The molecule has 2 N–H and O–H groups in total. The maximum Gasteiger partial charge on any atom is 0.336 e. The molecular formula is C25H22N2O4. The quantitative estimate of drug-likeness (QED) is 0.435. The molecule has 0 fully saturated rings. The Labute approximate surface area is 179 Å². The zero-order valence-electron chi connectivity index (χ0n) is 17.3. The molecule has 0 saturated carbocycles. The number of rotatable bonds is 6. The van der Waals surface area contributed by atoms with Crippen molar-refractivity contribution in [3.8, 4) is 5.75 Å². The van der Waals surface area contributed by atoms with Crippen molar-refractivity contribution in [3.63, 3.8) is 0 Å². The molecule has 0 aliphatic carbocycles. The molecule has 6 heteroatoms. The van der Waals surface area contributed by atoms with Crippen LogP contribution in [0.25, 0.3) is 11.0 Å². The zero-order chi connectivity index (χ0) is 21.8. The highest BCUT2D eigenvalue weighted by Gasteiger charge is 2.13. The average Bonchev–Trinajstić information content (AvgIpc) is 2.78. The predicted molar refractivity (Wildman–Crippen MR) is 122 cm³/mol. The lowest BCUT2D eigenvalue weighted by atomic mass is 10.1. The topological polar surface area (TPSA) is 80.6 Å². The van der Waals surface area contributed by atoms with Gasteiger partial charge < -0.3 is 19.8 Å². The number of carbonyl (C=O) groups is 1. The lowest BCUT2D eigenvalue weighted by Crippen LogP contribution is -2.15. The second-order valence-corrected chi connectivity index (χ2v) is 7.17. The number of hydrogen-bond donors (Lipinski definition) is 2. The Kier molecular flexibility index (Phi) is 5.71. The normalized spacial score (nSPS) is 10.6. The molecule has 3 aromatic carbocycles. The first-order valence-electron chi connectivity index (χ1n) is 9.85. The maximum absolute atomic E-state index is 12.8. The summed E-state index contributed by atoms with van der Waals surface area (Å²) in [6.45, 7) is 2.35. The number of aryl methyl sites for hydroxylation is 1. The first kappa shape index (κ1) is 20.2. The van der Waals surface area contributed by atoms with E-state index in [4.69, 9.17) is 9.15 Å². The fraction of sp³-hybridized carbons (Fsp3) is 0.120. The first-order valence-corrected chi connectivity index (χ1v) is 9.85. The van der Waals surface area contributed by atoms with Gasteiger partial charge in [-0.05, 0) is 48.9 Å². The third-order valence-corrected chi connectivity index (χ3v) is 4.99. The molecule has 0 aliphatic rings. The molecule has 1 aromatic heterocycles. The fourth-order valence-corrected chi connectivity index (χ4v) is 3.34. The molecule has 0 radical (unpaired) electrons. The monoisotopic (exact) mass is 414 g/mol. The summed E-state index contributed by atoms with van der Waals surface area (Å²) >= 11 is 0. The lowest BCUT2D eigenvalue weighted by Gasteiger charge is -2.13. The minimum absolute atomic E-state index is 0.214. The van der Waals surface area contributed by atoms with Crippen LogP contribution in [-0.4, -0.2) is 13.0 Å². The number of benzene rings is 3. The van der Waals surface area contributed by atoms with Gasteiger partial charge in [-0.3, -0.25) is 4.79 Å². The molecule has 0 spiro atoms. The van der Waals surface area contributed by atoms with Crippen LogP contribution in [0.1, 0.15) is 21.5 Å². The molecular weight excluding hydrogens is 392 g/mol. The number of amides is 1. The second kappa shape index (κ2) is 8.75. The average molecular weight is 414 g/mol. The Morgan fingerprint density at radius 3 is 2.55 bits per heavy atom. The van der Waals surface area contributed by atoms with E-state index in [0.717, 1.165) is 22.2 Å². The number of fused-ring (bicyclic) bond motifs is 1. The number of carbonyl (C=O) groups excluding carboxylic acids is 1. The van der Waals surface area contributed by atoms with Gasteiger partial charge in [-0.2, -0.15) is 0 Å². The fourth-order valence-electron chi connectivity index (χ4n) is 3.34. The van der Waals surface area contributed by atoms with E-state index in [2.05, 4.69) is 10.6 Å². The minimum Gasteiger partial charge on any atom is -0.497 e. The van der Waals surface area contributed by atoms with Crippen LogP contribution in [0.2, 0.25) is 0 Å². The van der Waals surface area contributed by atoms with Gasteiger partial charge in [-0.15, -0.1) is 0 Å². The summed E-state index contributed by atoms with van der Waals surface area (Å²) < 4.78 is 10.5. The Morgan fingerprint density at radius 2 is 1.77 bits per heavy atom. The van der Waals surface area contributed by atoms with Gasteiger partial charge in [-0.25, -0.2) is 4.79 Å². The van der Waals surface area contributed by atoms with Gasteiger partial charge in [0.1, 0.15) is 11.3 Å². The van der Waals surface area contributed by atoms with Crippen molar-refractivity contribution >= 4 is 28.3 Å². The Balaban J connectivity index is 1.58. The minimum atomic E-state index is -0.442. The molecule has 6 nitrogen and oxygen atoms in total. The molecule has 0 bridgehead atoms. The molecule has 0 atom stereocenters. The predicted octanol–water partition coefficient (Wildman–Crippen LogP) is 4.97. The highest BCUT2D eigenvalue weighted by Crippen LogP contribution is 2.24. The van der Waals surface area contributed by atoms with E-state index < -0.39 is 5.63 Å². The van der Waals surface area contributed by atoms with Gasteiger partial charge in [0, 0.05) is 35.4 Å². The van der Waals surface area contributed by atoms with Gasteiger partial charge in [0.2, 0.25) is 0 Å². The number of nitrogens with one attached hydrogen (secondary N) is 2. The van der Waals surface area contributed by atoms with Crippen molar-refractivity contribution in [2.45, 2.75) is 13.5 Å². The first-order chi connectivity index (χ1) is 15.0. The van der Waals surface area contributed by atoms with Crippen LogP contribution in [0.4, 0.5) is 11.4 Å². The molecule has 4 rings (SSSR count). The Hall–Kier alpha value is -4.06. The molecule has 0 unspecified atom stereocenters. The number of para-hydroxylation sites is 1. The van der Waals surface area contributed by atoms with E-state index in [1.165, 1.54) is 6.07 Å². The van der Waals surface area contributed by atoms with E-state index >= 15 is 0 Å². The summed E-state index contributed by atoms with van der Waals surface area (Å²) in [7, 11) is 1.56. The molecule has 0 saturated heterocycles. The Morgan fingerprint density at radius 1 is 1.00 bits per heavy atom. The smallest absolute Gasteiger partial charge is 0.336 e. The van der Waals surface area contributed by atoms with Crippen molar-refractivity contribution in [3.05, 3.63) is 99.9 Å². The van der Waals surface area contributed by atoms with Gasteiger partial charge in [0.15, 0.2) is 0 Å². The van der Waals surface area contributed by atoms with E-state index in [1.807, 2.05) is 61.5 Å². The van der Waals surface area contributed by atoms with Crippen LogP contribution in [0.15, 0.2) is 82.0 Å². The SMILES string of the molecule is COc1ccc2c(CNc3ccccc3C(=O)Nc3ccc(C)cc3)cc(=O)oc2c1. The van der Waals surface area contributed by atoms with E-state index in [-0.39, 0.29) is 5.91 Å². The Bertz CT molecular complexity index is 1290. The molecule has 156 valence electrons. The molecule has 1 heterocycles. The number of anilines is 2. The van der Waals surface area contributed by atoms with Crippen LogP contribution < -0.4 is 21.0 Å². The zero-order valence-corrected chi connectivity index (χ0v) is 17.3. The molecule has 4 aromatic rings. The third kappa shape index (κ3) is 4.59. The summed E-state index contributed by atoms with van der Waals surface area (Å²) in [6, 6.07) is 21.7. The summed E-state index contributed by atoms with van der Waals surface area (Å²) in [6.07, 6.45) is 0. The standard InChI is InChI=1S/C25H22N2O4/c1-16-7-9-18(10-8-16)27-25(29)21-5-3-4-6-22(21)26-15-17-13-24(28)31-23-14-19(30-2)11-12-20(17)23/h3-14,26H,15H2,1-2H3,(H,27,29). The highest BCUT2D eigenvalue weighted by atomic mass is 16.5. The number of ether oxygens (including phenoxy) is 1. The largest absolute Gasteiger partial charge is 0.497 e. The summed E-state index contributed by atoms with van der Waals surface area (Å²) in [4.78, 5) is 24.9. The lowest BCUT2D eigenvalue weighted by molar-refractivity contribution is 0.102. The maximum atomic E-state index is 12.8. The summed E-state index contributed by atoms with van der Waals surface area (Å²) in [5.41, 5.74) is 3.81. The van der Waals surface area contributed by atoms with Gasteiger partial charge in [0.05, 0.1) is 12.7 Å². The van der Waals surface area contributed by atoms with E-state index in [9.17, 15) is 9.59 Å². The van der Waals surface area contributed by atoms with Gasteiger partial charge in [0.25, 0.3) is 5.91 Å². The highest BCUT2D eigenvalue weighted by molar-refractivity contribution is 6.08. The number of methoxy groups -OCH3 is 1. The van der Waals surface area contributed by atoms with Crippen LogP contribution in [0.5, 0.6) is 5.75 Å². The van der Waals surface area contributed by atoms with Crippen molar-refractivity contribution in [1.82, 2.24) is 0 Å². The van der Waals surface area contributed by atoms with Gasteiger partial charge >= 0.3 is 5.63 Å². The summed E-state index contributed by atoms with van der Waals surface area (Å²) in [5, 5.41) is 7.00. The van der Waals surface area contributed by atoms with Crippen molar-refractivity contribution in [2.75, 3.05) is 17.7 Å². The van der Waals surface area contributed by atoms with E-state index in [1.54, 1.807) is 19.2 Å². The van der Waals surface area contributed by atoms with Crippen molar-refractivity contribution in [2.24, 2.45) is 0 Å². The second-order valence-electron chi connectivity index (χ2n) is 7.17. The van der Waals surface area contributed by atoms with Gasteiger partial charge in [-0.1, -0.05) is 29.8 Å². The van der Waals surface area contributed by atoms with Crippen LogP contribution in [-0.2, 0) is 6.54 Å². The van der Waals surface area contributed by atoms with Crippen LogP contribution in [0, 0.1) is 6.92 Å².